The van der Waals surface area contributed by atoms with E-state index in [0.717, 1.165) is 47.0 Å². The summed E-state index contributed by atoms with van der Waals surface area (Å²) in [6.07, 6.45) is 0.465. The summed E-state index contributed by atoms with van der Waals surface area (Å²) in [5.74, 6) is 0.927. The summed E-state index contributed by atoms with van der Waals surface area (Å²) in [6.45, 7) is 5.85. The molecule has 0 spiro atoms. The number of amides is 1. The van der Waals surface area contributed by atoms with Crippen molar-refractivity contribution >= 4 is 6.03 Å². The van der Waals surface area contributed by atoms with Crippen molar-refractivity contribution in [2.75, 3.05) is 0 Å². The van der Waals surface area contributed by atoms with Crippen molar-refractivity contribution in [3.05, 3.63) is 88.1 Å². The van der Waals surface area contributed by atoms with E-state index >= 15 is 0 Å². The van der Waals surface area contributed by atoms with E-state index < -0.39 is 23.5 Å². The van der Waals surface area contributed by atoms with Crippen LogP contribution < -0.4 is 11.0 Å². The van der Waals surface area contributed by atoms with Gasteiger partial charge in [-0.2, -0.15) is 23.5 Å². The van der Waals surface area contributed by atoms with Crippen LogP contribution in [0.2, 0.25) is 0 Å². The summed E-state index contributed by atoms with van der Waals surface area (Å²) >= 11 is 0. The van der Waals surface area contributed by atoms with Crippen molar-refractivity contribution in [3.63, 3.8) is 0 Å². The van der Waals surface area contributed by atoms with Crippen LogP contribution in [-0.2, 0) is 6.18 Å². The average Bonchev–Trinajstić information content (AvgIpc) is 3.68. The first kappa shape index (κ1) is 28.9. The van der Waals surface area contributed by atoms with E-state index in [-0.39, 0.29) is 23.1 Å². The Morgan fingerprint density at radius 1 is 1.05 bits per heavy atom. The highest BCUT2D eigenvalue weighted by atomic mass is 19.4. The van der Waals surface area contributed by atoms with Gasteiger partial charge in [-0.1, -0.05) is 32.8 Å². The number of rotatable bonds is 6. The van der Waals surface area contributed by atoms with Crippen molar-refractivity contribution in [1.82, 2.24) is 24.2 Å². The Balaban J connectivity index is 1.66. The number of carbonyl (C=O) groups excluding carboxylic acids is 1. The lowest BCUT2D eigenvalue weighted by molar-refractivity contribution is -0.137. The number of nitrogens with zero attached hydrogens (tertiary/aromatic N) is 5. The van der Waals surface area contributed by atoms with Gasteiger partial charge in [0.25, 0.3) is 0 Å². The second-order valence-electron chi connectivity index (χ2n) is 10.7. The smallest absolute Gasteiger partial charge is 0.335 e. The topological polar surface area (TPSA) is 97.6 Å². The Kier molecular flexibility index (Phi) is 7.82. The van der Waals surface area contributed by atoms with Gasteiger partial charge in [0.1, 0.15) is 5.69 Å². The van der Waals surface area contributed by atoms with Crippen molar-refractivity contribution in [2.45, 2.75) is 58.7 Å². The fourth-order valence-electron chi connectivity index (χ4n) is 6.16. The molecular formula is C31H31F3N6O2. The monoisotopic (exact) mass is 576 g/mol. The molecule has 4 aromatic rings. The number of hydrogen-bond acceptors (Lipinski definition) is 4. The van der Waals surface area contributed by atoms with E-state index in [1.165, 1.54) is 23.0 Å². The van der Waals surface area contributed by atoms with Crippen LogP contribution in [0.3, 0.4) is 0 Å². The number of aromatic nitrogens is 4. The van der Waals surface area contributed by atoms with Gasteiger partial charge in [-0.05, 0) is 80.1 Å². The molecule has 1 saturated carbocycles. The molecule has 11 heteroatoms. The van der Waals surface area contributed by atoms with E-state index in [1.54, 1.807) is 37.3 Å². The SMILES string of the molecule is CC[C@@H]1C[C@@H](NC(=O)n2c(-c3ccnn3-c3ccc(C#N)cc3)c(C)n(-c3cccc(C(F)(F)F)c3)c2=O)C[C@@H]1CC. The predicted molar refractivity (Wildman–Crippen MR) is 152 cm³/mol. The Bertz CT molecular complexity index is 1700. The second kappa shape index (κ2) is 11.4. The van der Waals surface area contributed by atoms with E-state index in [9.17, 15) is 28.0 Å². The zero-order valence-corrected chi connectivity index (χ0v) is 23.5. The predicted octanol–water partition coefficient (Wildman–Crippen LogP) is 6.46. The van der Waals surface area contributed by atoms with Crippen LogP contribution in [0.5, 0.6) is 0 Å². The van der Waals surface area contributed by atoms with Crippen LogP contribution in [0, 0.1) is 30.1 Å². The summed E-state index contributed by atoms with van der Waals surface area (Å²) in [7, 11) is 0. The minimum absolute atomic E-state index is 0.0116. The van der Waals surface area contributed by atoms with Crippen molar-refractivity contribution in [1.29, 1.82) is 5.26 Å². The van der Waals surface area contributed by atoms with Crippen LogP contribution >= 0.6 is 0 Å². The molecule has 8 nitrogen and oxygen atoms in total. The number of imidazole rings is 1. The molecule has 1 fully saturated rings. The normalized spacial score (nSPS) is 18.6. The van der Waals surface area contributed by atoms with E-state index in [4.69, 9.17) is 0 Å². The lowest BCUT2D eigenvalue weighted by atomic mass is 9.92. The minimum Gasteiger partial charge on any atom is -0.335 e. The Morgan fingerprint density at radius 2 is 1.71 bits per heavy atom. The molecule has 1 amide bonds. The first-order valence-electron chi connectivity index (χ1n) is 13.9. The quantitative estimate of drug-likeness (QED) is 0.285. The number of hydrogen-bond donors (Lipinski definition) is 1. The molecule has 2 aromatic heterocycles. The van der Waals surface area contributed by atoms with Crippen LogP contribution in [0.25, 0.3) is 22.8 Å². The number of alkyl halides is 3. The summed E-state index contributed by atoms with van der Waals surface area (Å²) < 4.78 is 44.4. The molecule has 5 rings (SSSR count). The molecule has 3 atom stereocenters. The van der Waals surface area contributed by atoms with Gasteiger partial charge < -0.3 is 5.32 Å². The van der Waals surface area contributed by atoms with Gasteiger partial charge in [0.05, 0.1) is 46.2 Å². The maximum absolute atomic E-state index is 14.0. The average molecular weight is 577 g/mol. The van der Waals surface area contributed by atoms with Crippen molar-refractivity contribution in [3.8, 4) is 28.8 Å². The lowest BCUT2D eigenvalue weighted by Gasteiger charge is -2.15. The largest absolute Gasteiger partial charge is 0.416 e. The number of carbonyl (C=O) groups is 1. The Labute approximate surface area is 241 Å². The summed E-state index contributed by atoms with van der Waals surface area (Å²) in [5, 5.41) is 16.6. The highest BCUT2D eigenvalue weighted by molar-refractivity contribution is 5.83. The molecule has 0 radical (unpaired) electrons. The van der Waals surface area contributed by atoms with E-state index in [0.29, 0.717) is 28.8 Å². The summed E-state index contributed by atoms with van der Waals surface area (Å²) in [4.78, 5) is 27.8. The minimum atomic E-state index is -4.61. The Hall–Kier alpha value is -4.59. The molecule has 0 unspecified atom stereocenters. The van der Waals surface area contributed by atoms with Crippen LogP contribution in [-0.4, -0.2) is 31.0 Å². The highest BCUT2D eigenvalue weighted by Gasteiger charge is 2.35. The van der Waals surface area contributed by atoms with Gasteiger partial charge in [0, 0.05) is 6.04 Å². The zero-order chi connectivity index (χ0) is 30.2. The molecule has 2 aromatic carbocycles. The van der Waals surface area contributed by atoms with Crippen LogP contribution in [0.4, 0.5) is 18.0 Å². The zero-order valence-electron chi connectivity index (χ0n) is 23.5. The van der Waals surface area contributed by atoms with Gasteiger partial charge in [-0.25, -0.2) is 18.8 Å². The number of nitrogens with one attached hydrogen (secondary N) is 1. The Morgan fingerprint density at radius 3 is 2.31 bits per heavy atom. The molecule has 0 bridgehead atoms. The summed E-state index contributed by atoms with van der Waals surface area (Å²) in [6, 6.07) is 14.0. The van der Waals surface area contributed by atoms with Gasteiger partial charge in [-0.3, -0.25) is 4.57 Å². The van der Waals surface area contributed by atoms with Gasteiger partial charge in [-0.15, -0.1) is 0 Å². The molecule has 0 saturated heterocycles. The third kappa shape index (κ3) is 5.24. The molecule has 1 aliphatic rings. The maximum atomic E-state index is 14.0. The van der Waals surface area contributed by atoms with Crippen molar-refractivity contribution in [2.24, 2.45) is 11.8 Å². The number of halogens is 3. The first-order chi connectivity index (χ1) is 20.1. The molecule has 218 valence electrons. The molecule has 0 aliphatic heterocycles. The number of nitriles is 1. The summed E-state index contributed by atoms with van der Waals surface area (Å²) in [5.41, 5.74) is 0.179. The van der Waals surface area contributed by atoms with Gasteiger partial charge >= 0.3 is 17.9 Å². The molecule has 1 N–H and O–H groups in total. The second-order valence-corrected chi connectivity index (χ2v) is 10.7. The van der Waals surface area contributed by atoms with Crippen LogP contribution in [0.1, 0.15) is 56.4 Å². The third-order valence-corrected chi connectivity index (χ3v) is 8.26. The third-order valence-electron chi connectivity index (χ3n) is 8.26. The molecule has 1 aliphatic carbocycles. The van der Waals surface area contributed by atoms with Gasteiger partial charge in [0.15, 0.2) is 0 Å². The first-order valence-corrected chi connectivity index (χ1v) is 13.9. The molecule has 42 heavy (non-hydrogen) atoms. The maximum Gasteiger partial charge on any atom is 0.416 e. The molecule has 2 heterocycles. The standard InChI is InChI=1S/C31H31F3N6O2/c1-4-21-15-24(16-22(21)5-2)37-29(41)39-28(27-13-14-36-40(27)25-11-9-20(18-35)10-12-25)19(3)38(30(39)42)26-8-6-7-23(17-26)31(32,33)34/h6-14,17,21-22,24H,4-5,15-16H2,1-3H3,(H,37,41)/t21-,22+,24-. The highest BCUT2D eigenvalue weighted by Crippen LogP contribution is 2.37. The number of benzene rings is 2. The van der Waals surface area contributed by atoms with Gasteiger partial charge in [0.2, 0.25) is 0 Å². The lowest BCUT2D eigenvalue weighted by Crippen LogP contribution is -2.41. The fourth-order valence-corrected chi connectivity index (χ4v) is 6.16. The van der Waals surface area contributed by atoms with E-state index in [1.807, 2.05) is 0 Å². The van der Waals surface area contributed by atoms with Crippen molar-refractivity contribution < 1.29 is 18.0 Å². The molecular weight excluding hydrogens is 545 g/mol. The van der Waals surface area contributed by atoms with Crippen LogP contribution in [0.15, 0.2) is 65.6 Å². The fraction of sp³-hybridized carbons (Fsp3) is 0.355. The van der Waals surface area contributed by atoms with E-state index in [2.05, 4.69) is 30.3 Å².